The highest BCUT2D eigenvalue weighted by Crippen LogP contribution is 2.27. The molecule has 3 rings (SSSR count). The zero-order valence-electron chi connectivity index (χ0n) is 12.9. The van der Waals surface area contributed by atoms with E-state index < -0.39 is 11.8 Å². The first-order valence-corrected chi connectivity index (χ1v) is 7.39. The molecule has 0 saturated heterocycles. The van der Waals surface area contributed by atoms with Crippen molar-refractivity contribution in [1.82, 2.24) is 4.98 Å². The lowest BCUT2D eigenvalue weighted by Crippen LogP contribution is -2.00. The number of fused-ring (bicyclic) bond motifs is 1. The molecule has 0 aliphatic heterocycles. The van der Waals surface area contributed by atoms with Crippen LogP contribution in [0.25, 0.3) is 22.2 Å². The third-order valence-electron chi connectivity index (χ3n) is 3.87. The summed E-state index contributed by atoms with van der Waals surface area (Å²) in [5, 5.41) is 9.72. The van der Waals surface area contributed by atoms with E-state index >= 15 is 0 Å². The van der Waals surface area contributed by atoms with E-state index in [-0.39, 0.29) is 5.56 Å². The summed E-state index contributed by atoms with van der Waals surface area (Å²) >= 11 is 0. The second-order valence-corrected chi connectivity index (χ2v) is 5.80. The Morgan fingerprint density at radius 3 is 2.39 bits per heavy atom. The van der Waals surface area contributed by atoms with Crippen molar-refractivity contribution in [2.24, 2.45) is 0 Å². The number of aromatic carboxylic acids is 1. The van der Waals surface area contributed by atoms with Gasteiger partial charge in [-0.15, -0.1) is 0 Å². The molecule has 0 spiro atoms. The Morgan fingerprint density at radius 2 is 1.78 bits per heavy atom. The Labute approximate surface area is 133 Å². The Hall–Kier alpha value is -2.75. The smallest absolute Gasteiger partial charge is 0.336 e. The van der Waals surface area contributed by atoms with Gasteiger partial charge in [-0.05, 0) is 35.7 Å². The first kappa shape index (κ1) is 15.2. The molecule has 0 fully saturated rings. The molecule has 0 saturated carbocycles. The molecule has 23 heavy (non-hydrogen) atoms. The van der Waals surface area contributed by atoms with E-state index in [1.54, 1.807) is 0 Å². The van der Waals surface area contributed by atoms with Gasteiger partial charge in [0.05, 0.1) is 16.8 Å². The maximum atomic E-state index is 13.4. The standard InChI is InChI=1S/C19H16FNO2/c1-11(2)12-3-5-13(6-4-12)18-10-16(19(22)23)15-9-14(20)7-8-17(15)21-18/h3-11H,1-2H3,(H,22,23). The molecular weight excluding hydrogens is 293 g/mol. The lowest BCUT2D eigenvalue weighted by Gasteiger charge is -2.09. The van der Waals surface area contributed by atoms with Gasteiger partial charge < -0.3 is 5.11 Å². The molecule has 116 valence electrons. The first-order chi connectivity index (χ1) is 11.0. The molecule has 1 N–H and O–H groups in total. The number of nitrogens with zero attached hydrogens (tertiary/aromatic N) is 1. The van der Waals surface area contributed by atoms with Gasteiger partial charge in [-0.1, -0.05) is 38.1 Å². The third-order valence-corrected chi connectivity index (χ3v) is 3.87. The van der Waals surface area contributed by atoms with Crippen LogP contribution in [0.2, 0.25) is 0 Å². The number of rotatable bonds is 3. The maximum absolute atomic E-state index is 13.4. The van der Waals surface area contributed by atoms with Crippen molar-refractivity contribution in [1.29, 1.82) is 0 Å². The van der Waals surface area contributed by atoms with Crippen LogP contribution in [0.15, 0.2) is 48.5 Å². The quantitative estimate of drug-likeness (QED) is 0.751. The van der Waals surface area contributed by atoms with Crippen LogP contribution >= 0.6 is 0 Å². The van der Waals surface area contributed by atoms with Gasteiger partial charge in [0.15, 0.2) is 0 Å². The molecule has 4 heteroatoms. The summed E-state index contributed by atoms with van der Waals surface area (Å²) in [6.07, 6.45) is 0. The van der Waals surface area contributed by atoms with Crippen molar-refractivity contribution >= 4 is 16.9 Å². The highest BCUT2D eigenvalue weighted by atomic mass is 19.1. The fourth-order valence-electron chi connectivity index (χ4n) is 2.56. The fraction of sp³-hybridized carbons (Fsp3) is 0.158. The number of halogens is 1. The molecule has 3 nitrogen and oxygen atoms in total. The topological polar surface area (TPSA) is 50.2 Å². The van der Waals surface area contributed by atoms with Gasteiger partial charge in [0.1, 0.15) is 5.82 Å². The summed E-state index contributed by atoms with van der Waals surface area (Å²) in [6, 6.07) is 13.4. The van der Waals surface area contributed by atoms with Crippen LogP contribution < -0.4 is 0 Å². The predicted molar refractivity (Wildman–Crippen MR) is 88.2 cm³/mol. The van der Waals surface area contributed by atoms with Crippen LogP contribution in [0.4, 0.5) is 4.39 Å². The molecule has 1 aromatic heterocycles. The number of hydrogen-bond donors (Lipinski definition) is 1. The highest BCUT2D eigenvalue weighted by molar-refractivity contribution is 6.03. The summed E-state index contributed by atoms with van der Waals surface area (Å²) < 4.78 is 13.4. The molecule has 0 aliphatic carbocycles. The van der Waals surface area contributed by atoms with E-state index in [4.69, 9.17) is 0 Å². The number of carbonyl (C=O) groups is 1. The van der Waals surface area contributed by atoms with Gasteiger partial charge in [0.2, 0.25) is 0 Å². The second-order valence-electron chi connectivity index (χ2n) is 5.80. The van der Waals surface area contributed by atoms with Gasteiger partial charge in [-0.3, -0.25) is 0 Å². The van der Waals surface area contributed by atoms with E-state index in [1.165, 1.54) is 29.8 Å². The van der Waals surface area contributed by atoms with E-state index in [9.17, 15) is 14.3 Å². The summed E-state index contributed by atoms with van der Waals surface area (Å²) in [5.41, 5.74) is 3.13. The summed E-state index contributed by atoms with van der Waals surface area (Å²) in [6.45, 7) is 4.22. The maximum Gasteiger partial charge on any atom is 0.336 e. The van der Waals surface area contributed by atoms with Crippen molar-refractivity contribution < 1.29 is 14.3 Å². The lowest BCUT2D eigenvalue weighted by atomic mass is 9.99. The summed E-state index contributed by atoms with van der Waals surface area (Å²) in [5.74, 6) is -1.15. The van der Waals surface area contributed by atoms with Crippen LogP contribution in [0.1, 0.15) is 35.7 Å². The Morgan fingerprint density at radius 1 is 1.09 bits per heavy atom. The minimum absolute atomic E-state index is 0.0532. The molecule has 0 unspecified atom stereocenters. The summed E-state index contributed by atoms with van der Waals surface area (Å²) in [7, 11) is 0. The van der Waals surface area contributed by atoms with E-state index in [1.807, 2.05) is 24.3 Å². The molecule has 0 bridgehead atoms. The lowest BCUT2D eigenvalue weighted by molar-refractivity contribution is 0.0699. The summed E-state index contributed by atoms with van der Waals surface area (Å²) in [4.78, 5) is 16.0. The van der Waals surface area contributed by atoms with Gasteiger partial charge in [-0.25, -0.2) is 14.2 Å². The Balaban J connectivity index is 2.18. The van der Waals surface area contributed by atoms with Crippen molar-refractivity contribution in [2.45, 2.75) is 19.8 Å². The predicted octanol–water partition coefficient (Wildman–Crippen LogP) is 4.86. The van der Waals surface area contributed by atoms with Crippen LogP contribution in [0.5, 0.6) is 0 Å². The van der Waals surface area contributed by atoms with E-state index in [2.05, 4.69) is 18.8 Å². The minimum Gasteiger partial charge on any atom is -0.478 e. The average Bonchev–Trinajstić information content (AvgIpc) is 2.53. The van der Waals surface area contributed by atoms with Gasteiger partial charge in [0.25, 0.3) is 0 Å². The molecule has 1 heterocycles. The number of aromatic nitrogens is 1. The Kier molecular flexibility index (Phi) is 3.82. The molecule has 0 atom stereocenters. The van der Waals surface area contributed by atoms with Crippen LogP contribution in [-0.2, 0) is 0 Å². The fourth-order valence-corrected chi connectivity index (χ4v) is 2.56. The zero-order valence-corrected chi connectivity index (χ0v) is 12.9. The number of benzene rings is 2. The second kappa shape index (κ2) is 5.80. The van der Waals surface area contributed by atoms with Gasteiger partial charge >= 0.3 is 5.97 Å². The molecule has 2 aromatic carbocycles. The minimum atomic E-state index is -1.09. The molecule has 0 amide bonds. The molecular formula is C19H16FNO2. The largest absolute Gasteiger partial charge is 0.478 e. The SMILES string of the molecule is CC(C)c1ccc(-c2cc(C(=O)O)c3cc(F)ccc3n2)cc1. The van der Waals surface area contributed by atoms with Gasteiger partial charge in [-0.2, -0.15) is 0 Å². The number of pyridine rings is 1. The van der Waals surface area contributed by atoms with Crippen molar-refractivity contribution in [2.75, 3.05) is 0 Å². The zero-order chi connectivity index (χ0) is 16.6. The van der Waals surface area contributed by atoms with E-state index in [0.717, 1.165) is 5.56 Å². The molecule has 3 aromatic rings. The van der Waals surface area contributed by atoms with Gasteiger partial charge in [0, 0.05) is 10.9 Å². The molecule has 0 aliphatic rings. The van der Waals surface area contributed by atoms with E-state index in [0.29, 0.717) is 22.5 Å². The van der Waals surface area contributed by atoms with Crippen LogP contribution in [0.3, 0.4) is 0 Å². The van der Waals surface area contributed by atoms with Crippen LogP contribution in [0, 0.1) is 5.82 Å². The van der Waals surface area contributed by atoms with Crippen molar-refractivity contribution in [3.8, 4) is 11.3 Å². The number of carboxylic acids is 1. The van der Waals surface area contributed by atoms with Crippen LogP contribution in [-0.4, -0.2) is 16.1 Å². The number of hydrogen-bond acceptors (Lipinski definition) is 2. The highest BCUT2D eigenvalue weighted by Gasteiger charge is 2.14. The average molecular weight is 309 g/mol. The van der Waals surface area contributed by atoms with Crippen molar-refractivity contribution in [3.63, 3.8) is 0 Å². The van der Waals surface area contributed by atoms with Crippen molar-refractivity contribution in [3.05, 3.63) is 65.5 Å². The normalized spacial score (nSPS) is 11.1. The first-order valence-electron chi connectivity index (χ1n) is 7.39. The Bertz CT molecular complexity index is 886. The third kappa shape index (κ3) is 2.93. The number of carboxylic acid groups (broad SMARTS) is 1. The monoisotopic (exact) mass is 309 g/mol. The molecule has 0 radical (unpaired) electrons.